The molecule has 2 fully saturated rings. The van der Waals surface area contributed by atoms with Crippen LogP contribution in [0.15, 0.2) is 30.7 Å². The summed E-state index contributed by atoms with van der Waals surface area (Å²) in [5.74, 6) is 1.52. The van der Waals surface area contributed by atoms with E-state index in [4.69, 9.17) is 14.2 Å². The molecule has 34 heavy (non-hydrogen) atoms. The minimum absolute atomic E-state index is 0.154. The topological polar surface area (TPSA) is 94.5 Å². The van der Waals surface area contributed by atoms with Gasteiger partial charge in [-0.15, -0.1) is 0 Å². The lowest BCUT2D eigenvalue weighted by Gasteiger charge is -2.31. The molecule has 3 aromatic rings. The molecule has 0 radical (unpaired) electrons. The summed E-state index contributed by atoms with van der Waals surface area (Å²) in [4.78, 5) is 20.6. The molecule has 2 aromatic heterocycles. The van der Waals surface area contributed by atoms with Crippen molar-refractivity contribution in [3.8, 4) is 5.75 Å². The molecule has 3 aliphatic rings. The number of rotatable bonds is 5. The lowest BCUT2D eigenvalue weighted by atomic mass is 9.93. The maximum absolute atomic E-state index is 6.54. The molecule has 0 spiro atoms. The number of aromatic nitrogens is 4. The Bertz CT molecular complexity index is 1140. The third-order valence-corrected chi connectivity index (χ3v) is 6.91. The van der Waals surface area contributed by atoms with Gasteiger partial charge in [-0.1, -0.05) is 0 Å². The predicted octanol–water partition coefficient (Wildman–Crippen LogP) is 3.13. The van der Waals surface area contributed by atoms with Crippen LogP contribution in [0, 0.1) is 0 Å². The Kier molecular flexibility index (Phi) is 6.12. The van der Waals surface area contributed by atoms with Crippen molar-refractivity contribution in [1.82, 2.24) is 19.9 Å². The number of fused-ring (bicyclic) bond motifs is 2. The first-order chi connectivity index (χ1) is 16.8. The first-order valence-electron chi connectivity index (χ1n) is 12.2. The summed E-state index contributed by atoms with van der Waals surface area (Å²) in [5.41, 5.74) is 5.02. The molecule has 1 N–H and O–H groups in total. The van der Waals surface area contributed by atoms with Crippen LogP contribution in [-0.2, 0) is 22.5 Å². The summed E-state index contributed by atoms with van der Waals surface area (Å²) in [6.07, 6.45) is 10.4. The van der Waals surface area contributed by atoms with Crippen LogP contribution >= 0.6 is 0 Å². The van der Waals surface area contributed by atoms with E-state index in [0.717, 1.165) is 93.2 Å². The van der Waals surface area contributed by atoms with Gasteiger partial charge in [-0.25, -0.2) is 15.0 Å². The fourth-order valence-electron chi connectivity index (χ4n) is 5.01. The van der Waals surface area contributed by atoms with Crippen LogP contribution in [0.5, 0.6) is 5.75 Å². The summed E-state index contributed by atoms with van der Waals surface area (Å²) in [7, 11) is 0. The Balaban J connectivity index is 1.12. The average molecular weight is 463 g/mol. The van der Waals surface area contributed by atoms with Crippen molar-refractivity contribution in [3.05, 3.63) is 42.0 Å². The second-order valence-electron chi connectivity index (χ2n) is 9.17. The van der Waals surface area contributed by atoms with Crippen molar-refractivity contribution >= 4 is 22.7 Å². The highest BCUT2D eigenvalue weighted by Crippen LogP contribution is 2.33. The summed E-state index contributed by atoms with van der Waals surface area (Å²) in [6, 6.07) is 4.57. The number of nitrogens with one attached hydrogen (secondary N) is 1. The Morgan fingerprint density at radius 2 is 1.79 bits per heavy atom. The lowest BCUT2D eigenvalue weighted by Crippen LogP contribution is -2.36. The predicted molar refractivity (Wildman–Crippen MR) is 128 cm³/mol. The molecule has 0 atom stereocenters. The minimum atomic E-state index is 0.154. The number of nitrogens with zero attached hydrogens (tertiary/aromatic N) is 5. The highest BCUT2D eigenvalue weighted by Gasteiger charge is 2.25. The SMILES string of the molecule is c1cnc2c(OC3CCC(Nc4ncc5c(n4)COCC5)CC3)cc(N3CCOCC3)cc2n1. The van der Waals surface area contributed by atoms with Crippen LogP contribution in [0.25, 0.3) is 11.0 Å². The average Bonchev–Trinajstić information content (AvgIpc) is 2.90. The highest BCUT2D eigenvalue weighted by atomic mass is 16.5. The van der Waals surface area contributed by atoms with Gasteiger partial charge in [-0.05, 0) is 43.7 Å². The largest absolute Gasteiger partial charge is 0.488 e. The van der Waals surface area contributed by atoms with Gasteiger partial charge in [-0.3, -0.25) is 4.98 Å². The zero-order chi connectivity index (χ0) is 22.7. The number of ether oxygens (including phenoxy) is 3. The number of anilines is 2. The lowest BCUT2D eigenvalue weighted by molar-refractivity contribution is 0.107. The van der Waals surface area contributed by atoms with Crippen molar-refractivity contribution in [3.63, 3.8) is 0 Å². The smallest absolute Gasteiger partial charge is 0.223 e. The quantitative estimate of drug-likeness (QED) is 0.614. The number of hydrogen-bond acceptors (Lipinski definition) is 9. The molecule has 1 saturated carbocycles. The van der Waals surface area contributed by atoms with Crippen molar-refractivity contribution in [1.29, 1.82) is 0 Å². The van der Waals surface area contributed by atoms with Gasteiger partial charge in [0.15, 0.2) is 0 Å². The Hall–Kier alpha value is -3.04. The van der Waals surface area contributed by atoms with E-state index < -0.39 is 0 Å². The molecule has 1 aliphatic carbocycles. The molecule has 4 heterocycles. The molecule has 178 valence electrons. The van der Waals surface area contributed by atoms with Gasteiger partial charge in [0.2, 0.25) is 5.95 Å². The molecule has 2 aliphatic heterocycles. The Morgan fingerprint density at radius 1 is 0.941 bits per heavy atom. The first kappa shape index (κ1) is 21.5. The van der Waals surface area contributed by atoms with Gasteiger partial charge in [0.05, 0.1) is 43.7 Å². The van der Waals surface area contributed by atoms with E-state index in [-0.39, 0.29) is 6.10 Å². The van der Waals surface area contributed by atoms with Crippen molar-refractivity contribution in [2.45, 2.75) is 50.9 Å². The monoisotopic (exact) mass is 462 g/mol. The van der Waals surface area contributed by atoms with E-state index in [1.165, 1.54) is 5.56 Å². The van der Waals surface area contributed by atoms with Crippen LogP contribution in [0.4, 0.5) is 11.6 Å². The maximum Gasteiger partial charge on any atom is 0.223 e. The van der Waals surface area contributed by atoms with Crippen LogP contribution in [0.3, 0.4) is 0 Å². The van der Waals surface area contributed by atoms with Crippen LogP contribution < -0.4 is 15.0 Å². The van der Waals surface area contributed by atoms with E-state index in [2.05, 4.69) is 42.3 Å². The Labute approximate surface area is 198 Å². The van der Waals surface area contributed by atoms with Crippen LogP contribution in [0.1, 0.15) is 36.9 Å². The minimum Gasteiger partial charge on any atom is -0.488 e. The van der Waals surface area contributed by atoms with E-state index in [1.54, 1.807) is 12.4 Å². The maximum atomic E-state index is 6.54. The summed E-state index contributed by atoms with van der Waals surface area (Å²) in [5, 5.41) is 3.52. The molecule has 6 rings (SSSR count). The van der Waals surface area contributed by atoms with E-state index in [0.29, 0.717) is 18.6 Å². The van der Waals surface area contributed by atoms with Crippen LogP contribution in [-0.4, -0.2) is 65.0 Å². The summed E-state index contributed by atoms with van der Waals surface area (Å²) >= 11 is 0. The third-order valence-electron chi connectivity index (χ3n) is 6.91. The van der Waals surface area contributed by atoms with Crippen molar-refractivity contribution in [2.24, 2.45) is 0 Å². The third kappa shape index (κ3) is 4.63. The normalized spacial score (nSPS) is 22.9. The summed E-state index contributed by atoms with van der Waals surface area (Å²) < 4.78 is 17.6. The number of hydrogen-bond donors (Lipinski definition) is 1. The van der Waals surface area contributed by atoms with Crippen molar-refractivity contribution in [2.75, 3.05) is 43.1 Å². The first-order valence-corrected chi connectivity index (χ1v) is 12.2. The van der Waals surface area contributed by atoms with Crippen LogP contribution in [0.2, 0.25) is 0 Å². The zero-order valence-electron chi connectivity index (χ0n) is 19.3. The standard InChI is InChI=1S/C25H30N6O3/c1-3-20(4-2-18(1)29-25-28-15-17-5-10-33-16-22(17)30-25)34-23-14-19(31-8-11-32-12-9-31)13-21-24(23)27-7-6-26-21/h6-7,13-15,18,20H,1-5,8-12,16H2,(H,28,29,30). The second kappa shape index (κ2) is 9.68. The van der Waals surface area contributed by atoms with Gasteiger partial charge in [-0.2, -0.15) is 0 Å². The molecular formula is C25H30N6O3. The van der Waals surface area contributed by atoms with Gasteiger partial charge in [0.25, 0.3) is 0 Å². The fourth-order valence-corrected chi connectivity index (χ4v) is 5.01. The molecule has 9 heteroatoms. The van der Waals surface area contributed by atoms with Crippen molar-refractivity contribution < 1.29 is 14.2 Å². The molecule has 9 nitrogen and oxygen atoms in total. The molecule has 0 amide bonds. The summed E-state index contributed by atoms with van der Waals surface area (Å²) in [6.45, 7) is 4.56. The number of benzene rings is 1. The molecule has 0 unspecified atom stereocenters. The molecule has 1 saturated heterocycles. The number of morpholine rings is 1. The second-order valence-corrected chi connectivity index (χ2v) is 9.17. The van der Waals surface area contributed by atoms with Gasteiger partial charge < -0.3 is 24.4 Å². The van der Waals surface area contributed by atoms with Gasteiger partial charge in [0.1, 0.15) is 11.3 Å². The van der Waals surface area contributed by atoms with E-state index in [9.17, 15) is 0 Å². The zero-order valence-corrected chi connectivity index (χ0v) is 19.3. The van der Waals surface area contributed by atoms with Gasteiger partial charge >= 0.3 is 0 Å². The molecular weight excluding hydrogens is 432 g/mol. The molecule has 1 aromatic carbocycles. The molecule has 0 bridgehead atoms. The van der Waals surface area contributed by atoms with E-state index in [1.807, 2.05) is 6.20 Å². The van der Waals surface area contributed by atoms with Gasteiger partial charge in [0, 0.05) is 49.5 Å². The van der Waals surface area contributed by atoms with E-state index >= 15 is 0 Å². The Morgan fingerprint density at radius 3 is 2.68 bits per heavy atom. The highest BCUT2D eigenvalue weighted by molar-refractivity contribution is 5.85. The fraction of sp³-hybridized carbons (Fsp3) is 0.520.